The van der Waals surface area contributed by atoms with Gasteiger partial charge in [0.2, 0.25) is 5.88 Å². The minimum atomic E-state index is -4.57. The number of carbonyl (C=O) groups is 1. The number of halogens is 2. The third-order valence-electron chi connectivity index (χ3n) is 8.29. The Bertz CT molecular complexity index is 1870. The van der Waals surface area contributed by atoms with Gasteiger partial charge in [-0.05, 0) is 80.7 Å². The fraction of sp³-hybridized carbons (Fsp3) is 0.273. The van der Waals surface area contributed by atoms with Gasteiger partial charge in [-0.25, -0.2) is 17.8 Å². The zero-order valence-corrected chi connectivity index (χ0v) is 27.1. The van der Waals surface area contributed by atoms with Crippen molar-refractivity contribution in [3.05, 3.63) is 101 Å². The zero-order valence-electron chi connectivity index (χ0n) is 25.5. The first-order chi connectivity index (χ1) is 22.1. The van der Waals surface area contributed by atoms with Gasteiger partial charge in [0.25, 0.3) is 15.9 Å². The average molecular weight is 666 g/mol. The fourth-order valence-electron chi connectivity index (χ4n) is 5.89. The molecule has 0 bridgehead atoms. The largest absolute Gasteiger partial charge is 0.497 e. The number of fused-ring (bicyclic) bond motifs is 1. The van der Waals surface area contributed by atoms with E-state index in [0.717, 1.165) is 37.9 Å². The Morgan fingerprint density at radius 3 is 2.35 bits per heavy atom. The molecule has 13 heteroatoms. The minimum absolute atomic E-state index is 0.106. The zero-order chi connectivity index (χ0) is 32.6. The van der Waals surface area contributed by atoms with E-state index in [1.807, 2.05) is 24.3 Å². The summed E-state index contributed by atoms with van der Waals surface area (Å²) in [4.78, 5) is 23.7. The third-order valence-corrected chi connectivity index (χ3v) is 10.3. The molecule has 240 valence electrons. The van der Waals surface area contributed by atoms with Crippen LogP contribution in [0.25, 0.3) is 0 Å². The lowest BCUT2D eigenvalue weighted by atomic mass is 9.83. The van der Waals surface area contributed by atoms with Gasteiger partial charge in [-0.1, -0.05) is 11.6 Å². The van der Waals surface area contributed by atoms with Crippen molar-refractivity contribution in [2.75, 3.05) is 61.5 Å². The number of carbonyl (C=O) groups excluding carboxylic acids is 1. The van der Waals surface area contributed by atoms with Crippen LogP contribution in [0.1, 0.15) is 18.1 Å². The predicted octanol–water partition coefficient (Wildman–Crippen LogP) is 5.12. The van der Waals surface area contributed by atoms with E-state index in [1.54, 1.807) is 19.1 Å². The summed E-state index contributed by atoms with van der Waals surface area (Å²) in [6.07, 6.45) is 1.51. The van der Waals surface area contributed by atoms with E-state index in [2.05, 4.69) is 27.1 Å². The van der Waals surface area contributed by atoms with Gasteiger partial charge in [-0.2, -0.15) is 4.31 Å². The lowest BCUT2D eigenvalue weighted by Crippen LogP contribution is -2.49. The lowest BCUT2D eigenvalue weighted by molar-refractivity contribution is -0.120. The maximum absolute atomic E-state index is 15.1. The van der Waals surface area contributed by atoms with Crippen molar-refractivity contribution in [3.8, 4) is 11.6 Å². The van der Waals surface area contributed by atoms with E-state index in [0.29, 0.717) is 15.7 Å². The first-order valence-electron chi connectivity index (χ1n) is 14.7. The summed E-state index contributed by atoms with van der Waals surface area (Å²) in [6.45, 7) is 5.60. The Labute approximate surface area is 272 Å². The summed E-state index contributed by atoms with van der Waals surface area (Å²) in [5, 5.41) is 3.04. The van der Waals surface area contributed by atoms with Crippen molar-refractivity contribution in [1.82, 2.24) is 9.88 Å². The molecule has 1 saturated heterocycles. The van der Waals surface area contributed by atoms with Gasteiger partial charge in [0.15, 0.2) is 5.54 Å². The smallest absolute Gasteiger partial charge is 0.276 e. The molecule has 2 aliphatic heterocycles. The monoisotopic (exact) mass is 665 g/mol. The molecule has 4 aromatic rings. The number of ether oxygens (including phenoxy) is 2. The number of anilines is 3. The number of hydrogen-bond acceptors (Lipinski definition) is 9. The molecule has 3 aromatic carbocycles. The number of likely N-dealkylation sites (N-methyl/N-ethyl adjacent to an activating group) is 1. The molecule has 46 heavy (non-hydrogen) atoms. The first kappa shape index (κ1) is 31.6. The van der Waals surface area contributed by atoms with Crippen molar-refractivity contribution in [2.45, 2.75) is 17.4 Å². The quantitative estimate of drug-likeness (QED) is 0.261. The maximum atomic E-state index is 15.1. The highest BCUT2D eigenvalue weighted by molar-refractivity contribution is 7.93. The Morgan fingerprint density at radius 2 is 1.70 bits per heavy atom. The van der Waals surface area contributed by atoms with Gasteiger partial charge >= 0.3 is 0 Å². The number of sulfonamides is 1. The summed E-state index contributed by atoms with van der Waals surface area (Å²) in [7, 11) is -1.03. The predicted molar refractivity (Wildman–Crippen MR) is 175 cm³/mol. The molecule has 1 fully saturated rings. The highest BCUT2D eigenvalue weighted by Gasteiger charge is 2.58. The van der Waals surface area contributed by atoms with Crippen LogP contribution in [0.5, 0.6) is 11.6 Å². The molecule has 1 atom stereocenters. The van der Waals surface area contributed by atoms with Crippen molar-refractivity contribution >= 4 is 44.6 Å². The number of nitrogens with one attached hydrogen (secondary N) is 1. The number of methoxy groups -OCH3 is 1. The molecular weight excluding hydrogens is 633 g/mol. The van der Waals surface area contributed by atoms with E-state index in [-0.39, 0.29) is 39.2 Å². The molecule has 1 unspecified atom stereocenters. The number of rotatable bonds is 9. The van der Waals surface area contributed by atoms with Crippen LogP contribution in [0.2, 0.25) is 5.02 Å². The molecule has 1 N–H and O–H groups in total. The maximum Gasteiger partial charge on any atom is 0.276 e. The summed E-state index contributed by atoms with van der Waals surface area (Å²) in [5.41, 5.74) is -0.237. The lowest BCUT2D eigenvalue weighted by Gasteiger charge is -2.34. The van der Waals surface area contributed by atoms with Gasteiger partial charge in [0, 0.05) is 55.4 Å². The number of benzene rings is 3. The summed E-state index contributed by atoms with van der Waals surface area (Å²) >= 11 is 6.34. The molecule has 0 aliphatic carbocycles. The van der Waals surface area contributed by atoms with Gasteiger partial charge in [0.05, 0.1) is 34.9 Å². The summed E-state index contributed by atoms with van der Waals surface area (Å²) < 4.78 is 55.3. The van der Waals surface area contributed by atoms with Crippen molar-refractivity contribution in [2.24, 2.45) is 0 Å². The fourth-order valence-corrected chi connectivity index (χ4v) is 7.51. The number of amides is 1. The Balaban J connectivity index is 1.53. The van der Waals surface area contributed by atoms with Gasteiger partial charge in [-0.15, -0.1) is 0 Å². The van der Waals surface area contributed by atoms with Gasteiger partial charge in [0.1, 0.15) is 11.6 Å². The number of hydrogen-bond donors (Lipinski definition) is 1. The molecule has 0 radical (unpaired) electrons. The molecule has 3 heterocycles. The van der Waals surface area contributed by atoms with Crippen molar-refractivity contribution in [3.63, 3.8) is 0 Å². The molecule has 1 aromatic heterocycles. The van der Waals surface area contributed by atoms with Gasteiger partial charge in [-0.3, -0.25) is 4.79 Å². The highest BCUT2D eigenvalue weighted by Crippen LogP contribution is 2.51. The highest BCUT2D eigenvalue weighted by atomic mass is 35.5. The minimum Gasteiger partial charge on any atom is -0.497 e. The molecule has 10 nitrogen and oxygen atoms in total. The topological polar surface area (TPSA) is 104 Å². The Morgan fingerprint density at radius 1 is 1.00 bits per heavy atom. The van der Waals surface area contributed by atoms with Crippen LogP contribution >= 0.6 is 11.6 Å². The Kier molecular flexibility index (Phi) is 8.53. The van der Waals surface area contributed by atoms with Crippen LogP contribution in [-0.2, 0) is 20.4 Å². The number of pyridine rings is 1. The number of nitrogens with zero attached hydrogens (tertiary/aromatic N) is 4. The average Bonchev–Trinajstić information content (AvgIpc) is 3.29. The second-order valence-electron chi connectivity index (χ2n) is 11.0. The van der Waals surface area contributed by atoms with E-state index < -0.39 is 27.3 Å². The second-order valence-corrected chi connectivity index (χ2v) is 13.2. The molecular formula is C33H33ClFN5O5S. The molecule has 1 amide bonds. The van der Waals surface area contributed by atoms with E-state index >= 15 is 4.39 Å². The van der Waals surface area contributed by atoms with E-state index in [1.165, 1.54) is 43.6 Å². The standard InChI is InChI=1S/C33H33ClFN5O5S/c1-4-45-31-26(6-5-15-36-31)33(37-22-7-9-23(10-8-22)39-18-16-38(2)17-19-39)27-20-28(34)29(35)21-30(27)40(32(33)41)46(42,43)25-13-11-24(44-3)12-14-25/h5-15,20-21,37H,4,16-19H2,1-3H3. The van der Waals surface area contributed by atoms with Crippen LogP contribution in [0, 0.1) is 5.82 Å². The van der Waals surface area contributed by atoms with E-state index in [4.69, 9.17) is 21.1 Å². The van der Waals surface area contributed by atoms with Crippen LogP contribution in [0.15, 0.2) is 83.9 Å². The SMILES string of the molecule is CCOc1ncccc1C1(Nc2ccc(N3CCN(C)CC3)cc2)C(=O)N(S(=O)(=O)c2ccc(OC)cc2)c2cc(F)c(Cl)cc21. The normalized spacial score (nSPS) is 18.4. The second kappa shape index (κ2) is 12.4. The first-order valence-corrected chi connectivity index (χ1v) is 16.5. The molecule has 0 saturated carbocycles. The number of aromatic nitrogens is 1. The number of piperazine rings is 1. The third kappa shape index (κ3) is 5.40. The van der Waals surface area contributed by atoms with Crippen LogP contribution in [0.4, 0.5) is 21.5 Å². The van der Waals surface area contributed by atoms with Crippen molar-refractivity contribution in [1.29, 1.82) is 0 Å². The summed E-state index contributed by atoms with van der Waals surface area (Å²) in [5.74, 6) is -1.25. The molecule has 2 aliphatic rings. The van der Waals surface area contributed by atoms with Gasteiger partial charge < -0.3 is 24.6 Å². The van der Waals surface area contributed by atoms with Crippen LogP contribution < -0.4 is 24.0 Å². The Hall–Kier alpha value is -4.39. The van der Waals surface area contributed by atoms with Crippen LogP contribution in [0.3, 0.4) is 0 Å². The molecule has 0 spiro atoms. The summed E-state index contributed by atoms with van der Waals surface area (Å²) in [6, 6.07) is 18.6. The van der Waals surface area contributed by atoms with Crippen LogP contribution in [-0.4, -0.2) is 71.2 Å². The van der Waals surface area contributed by atoms with E-state index in [9.17, 15) is 13.2 Å². The van der Waals surface area contributed by atoms with Crippen molar-refractivity contribution < 1.29 is 27.1 Å². The molecule has 6 rings (SSSR count).